The minimum atomic E-state index is -0.777. The highest BCUT2D eigenvalue weighted by molar-refractivity contribution is 6.01. The second-order valence-electron chi connectivity index (χ2n) is 8.24. The summed E-state index contributed by atoms with van der Waals surface area (Å²) in [7, 11) is 0. The number of esters is 1. The number of alkyl carbamates (subject to hydrolysis) is 1. The van der Waals surface area contributed by atoms with Gasteiger partial charge in [0, 0.05) is 6.42 Å². The first-order valence-electron chi connectivity index (χ1n) is 8.28. The Bertz CT molecular complexity index is 626. The van der Waals surface area contributed by atoms with Gasteiger partial charge in [-0.2, -0.15) is 0 Å². The Kier molecular flexibility index (Phi) is 4.76. The number of β-lactam (4-membered cyclic amide) rings is 1. The maximum atomic E-state index is 12.4. The van der Waals surface area contributed by atoms with Crippen LogP contribution >= 0.6 is 0 Å². The number of hydrogen-bond donors (Lipinski definition) is 2. The molecule has 2 amide bonds. The lowest BCUT2D eigenvalue weighted by Gasteiger charge is -2.49. The maximum absolute atomic E-state index is 12.4. The van der Waals surface area contributed by atoms with Gasteiger partial charge < -0.3 is 19.9 Å². The first-order chi connectivity index (χ1) is 11.3. The summed E-state index contributed by atoms with van der Waals surface area (Å²) in [4.78, 5) is 37.9. The van der Waals surface area contributed by atoms with E-state index in [4.69, 9.17) is 9.47 Å². The number of allylic oxidation sites excluding steroid dienone is 1. The molecule has 2 aliphatic rings. The van der Waals surface area contributed by atoms with Gasteiger partial charge in [0.2, 0.25) is 0 Å². The van der Waals surface area contributed by atoms with Crippen molar-refractivity contribution in [1.29, 1.82) is 0 Å². The fourth-order valence-electron chi connectivity index (χ4n) is 2.79. The van der Waals surface area contributed by atoms with Crippen molar-refractivity contribution in [3.05, 3.63) is 11.5 Å². The molecule has 0 aromatic carbocycles. The van der Waals surface area contributed by atoms with Gasteiger partial charge in [-0.1, -0.05) is 0 Å². The molecular weight excluding hydrogens is 328 g/mol. The maximum Gasteiger partial charge on any atom is 0.408 e. The highest BCUT2D eigenvalue weighted by Gasteiger charge is 2.54. The molecule has 0 radical (unpaired) electrons. The predicted octanol–water partition coefficient (Wildman–Crippen LogP) is 2.00. The second kappa shape index (κ2) is 6.24. The first-order valence-corrected chi connectivity index (χ1v) is 8.28. The molecule has 140 valence electrons. The molecule has 2 atom stereocenters. The van der Waals surface area contributed by atoms with Crippen molar-refractivity contribution in [2.24, 2.45) is 0 Å². The van der Waals surface area contributed by atoms with Gasteiger partial charge in [-0.3, -0.25) is 9.69 Å². The van der Waals surface area contributed by atoms with Gasteiger partial charge in [0.15, 0.2) is 5.70 Å². The van der Waals surface area contributed by atoms with Gasteiger partial charge in [-0.25, -0.2) is 9.59 Å². The van der Waals surface area contributed by atoms with E-state index in [1.54, 1.807) is 41.5 Å². The quantitative estimate of drug-likeness (QED) is 0.580. The van der Waals surface area contributed by atoms with Crippen molar-refractivity contribution in [1.82, 2.24) is 10.2 Å². The highest BCUT2D eigenvalue weighted by atomic mass is 16.6. The van der Waals surface area contributed by atoms with E-state index in [2.05, 4.69) is 5.32 Å². The van der Waals surface area contributed by atoms with Gasteiger partial charge in [-0.15, -0.1) is 0 Å². The molecule has 8 nitrogen and oxygen atoms in total. The summed E-state index contributed by atoms with van der Waals surface area (Å²) < 4.78 is 10.4. The van der Waals surface area contributed by atoms with Crippen molar-refractivity contribution in [3.8, 4) is 0 Å². The van der Waals surface area contributed by atoms with E-state index in [0.29, 0.717) is 6.42 Å². The first kappa shape index (κ1) is 19.1. The molecule has 0 aromatic heterocycles. The molecule has 0 bridgehead atoms. The third-order valence-electron chi connectivity index (χ3n) is 3.68. The summed E-state index contributed by atoms with van der Waals surface area (Å²) >= 11 is 0. The molecule has 0 saturated carbocycles. The van der Waals surface area contributed by atoms with Gasteiger partial charge in [0.05, 0.1) is 6.04 Å². The monoisotopic (exact) mass is 354 g/mol. The van der Waals surface area contributed by atoms with E-state index >= 15 is 0 Å². The van der Waals surface area contributed by atoms with Crippen LogP contribution in [0.15, 0.2) is 11.5 Å². The van der Waals surface area contributed by atoms with Gasteiger partial charge in [-0.05, 0) is 48.0 Å². The molecule has 2 heterocycles. The molecule has 0 aliphatic carbocycles. The van der Waals surface area contributed by atoms with Crippen LogP contribution in [0, 0.1) is 0 Å². The van der Waals surface area contributed by atoms with Crippen molar-refractivity contribution < 1.29 is 29.0 Å². The van der Waals surface area contributed by atoms with Crippen molar-refractivity contribution in [2.75, 3.05) is 0 Å². The standard InChI is InChI=1S/C17H26N2O6/c1-16(2,3)24-14(22)12-10(20)8-7-9-11(13(21)19(9)12)18-15(23)25-17(4,5)6/h9,11,20H,7-8H2,1-6H3,(H,18,23)/t9-,11+/m1/s1. The molecule has 1 saturated heterocycles. The fraction of sp³-hybridized carbons (Fsp3) is 0.706. The molecular formula is C17H26N2O6. The molecule has 0 unspecified atom stereocenters. The lowest BCUT2D eigenvalue weighted by Crippen LogP contribution is -2.72. The molecule has 1 fully saturated rings. The van der Waals surface area contributed by atoms with Crippen LogP contribution in [0.4, 0.5) is 4.79 Å². The molecule has 2 aliphatic heterocycles. The van der Waals surface area contributed by atoms with Crippen LogP contribution in [0.2, 0.25) is 0 Å². The number of ether oxygens (including phenoxy) is 2. The Labute approximate surface area is 147 Å². The van der Waals surface area contributed by atoms with E-state index in [0.717, 1.165) is 0 Å². The molecule has 25 heavy (non-hydrogen) atoms. The third kappa shape index (κ3) is 4.24. The molecule has 2 N–H and O–H groups in total. The minimum absolute atomic E-state index is 0.140. The van der Waals surface area contributed by atoms with Crippen LogP contribution in [0.25, 0.3) is 0 Å². The summed E-state index contributed by atoms with van der Waals surface area (Å²) in [5, 5.41) is 12.6. The van der Waals surface area contributed by atoms with Crippen LogP contribution in [0.3, 0.4) is 0 Å². The second-order valence-corrected chi connectivity index (χ2v) is 8.24. The number of carbonyl (C=O) groups is 3. The van der Waals surface area contributed by atoms with E-state index in [1.165, 1.54) is 4.90 Å². The highest BCUT2D eigenvalue weighted by Crippen LogP contribution is 2.36. The Morgan fingerprint density at radius 1 is 1.12 bits per heavy atom. The Morgan fingerprint density at radius 3 is 2.20 bits per heavy atom. The smallest absolute Gasteiger partial charge is 0.408 e. The van der Waals surface area contributed by atoms with Crippen LogP contribution in [-0.4, -0.2) is 51.3 Å². The van der Waals surface area contributed by atoms with Gasteiger partial charge >= 0.3 is 12.1 Å². The molecule has 0 spiro atoms. The zero-order valence-corrected chi connectivity index (χ0v) is 15.5. The topological polar surface area (TPSA) is 105 Å². The zero-order chi connectivity index (χ0) is 19.2. The number of aliphatic hydroxyl groups excluding tert-OH is 1. The Balaban J connectivity index is 2.11. The van der Waals surface area contributed by atoms with E-state index in [9.17, 15) is 19.5 Å². The number of carbonyl (C=O) groups excluding carboxylic acids is 3. The summed E-state index contributed by atoms with van der Waals surface area (Å²) in [5.74, 6) is -1.39. The average Bonchev–Trinajstić information content (AvgIpc) is 2.40. The fourth-order valence-corrected chi connectivity index (χ4v) is 2.79. The van der Waals surface area contributed by atoms with Crippen molar-refractivity contribution in [2.45, 2.75) is 77.7 Å². The largest absolute Gasteiger partial charge is 0.510 e. The number of hydrogen-bond acceptors (Lipinski definition) is 6. The van der Waals surface area contributed by atoms with Crippen LogP contribution < -0.4 is 5.32 Å². The Morgan fingerprint density at radius 2 is 1.68 bits per heavy atom. The van der Waals surface area contributed by atoms with E-state index in [1.807, 2.05) is 0 Å². The normalized spacial score (nSPS) is 23.6. The van der Waals surface area contributed by atoms with Gasteiger partial charge in [0.1, 0.15) is 23.0 Å². The number of aliphatic hydroxyl groups is 1. The molecule has 2 rings (SSSR count). The average molecular weight is 354 g/mol. The lowest BCUT2D eigenvalue weighted by atomic mass is 9.86. The molecule has 0 aromatic rings. The van der Waals surface area contributed by atoms with Crippen LogP contribution in [-0.2, 0) is 19.1 Å². The summed E-state index contributed by atoms with van der Waals surface area (Å²) in [6.07, 6.45) is -0.0251. The van der Waals surface area contributed by atoms with E-state index in [-0.39, 0.29) is 17.9 Å². The van der Waals surface area contributed by atoms with Crippen molar-refractivity contribution >= 4 is 18.0 Å². The summed E-state index contributed by atoms with van der Waals surface area (Å²) in [6.45, 7) is 10.3. The number of fused-ring (bicyclic) bond motifs is 1. The summed E-state index contributed by atoms with van der Waals surface area (Å²) in [6, 6.07) is -1.18. The minimum Gasteiger partial charge on any atom is -0.510 e. The predicted molar refractivity (Wildman–Crippen MR) is 88.5 cm³/mol. The SMILES string of the molecule is CC(C)(C)OC(=O)N[C@@H]1C(=O)N2C(C(=O)OC(C)(C)C)=C(O)CC[C@H]12. The summed E-state index contributed by atoms with van der Waals surface area (Å²) in [5.41, 5.74) is -1.57. The third-order valence-corrected chi connectivity index (χ3v) is 3.68. The lowest BCUT2D eigenvalue weighted by molar-refractivity contribution is -0.162. The number of nitrogens with one attached hydrogen (secondary N) is 1. The van der Waals surface area contributed by atoms with Crippen LogP contribution in [0.5, 0.6) is 0 Å². The Hall–Kier alpha value is -2.25. The van der Waals surface area contributed by atoms with Crippen LogP contribution in [0.1, 0.15) is 54.4 Å². The number of nitrogens with zero attached hydrogens (tertiary/aromatic N) is 1. The van der Waals surface area contributed by atoms with Gasteiger partial charge in [0.25, 0.3) is 5.91 Å². The van der Waals surface area contributed by atoms with Crippen molar-refractivity contribution in [3.63, 3.8) is 0 Å². The molecule has 8 heteroatoms. The van der Waals surface area contributed by atoms with E-state index < -0.39 is 41.3 Å². The number of amides is 2. The zero-order valence-electron chi connectivity index (χ0n) is 15.5. The number of rotatable bonds is 2.